The fourth-order valence-electron chi connectivity index (χ4n) is 3.76. The van der Waals surface area contributed by atoms with Crippen LogP contribution in [0.25, 0.3) is 11.0 Å². The predicted octanol–water partition coefficient (Wildman–Crippen LogP) is 2.81. The lowest BCUT2D eigenvalue weighted by molar-refractivity contribution is -0.123. The van der Waals surface area contributed by atoms with Crippen LogP contribution in [0.4, 0.5) is 4.39 Å². The molecule has 1 aliphatic rings. The van der Waals surface area contributed by atoms with Crippen molar-refractivity contribution in [2.24, 2.45) is 5.92 Å². The average Bonchev–Trinajstić information content (AvgIpc) is 3.07. The maximum absolute atomic E-state index is 14.2. The monoisotopic (exact) mass is 383 g/mol. The molecule has 2 aromatic carbocycles. The van der Waals surface area contributed by atoms with Gasteiger partial charge in [0, 0.05) is 0 Å². The van der Waals surface area contributed by atoms with Crippen LogP contribution in [0.15, 0.2) is 48.8 Å². The minimum Gasteiger partial charge on any atom is -0.494 e. The second-order valence-corrected chi connectivity index (χ2v) is 7.19. The van der Waals surface area contributed by atoms with Crippen molar-refractivity contribution in [2.45, 2.75) is 31.5 Å². The van der Waals surface area contributed by atoms with E-state index in [1.54, 1.807) is 23.0 Å². The van der Waals surface area contributed by atoms with E-state index in [1.807, 2.05) is 24.3 Å². The highest BCUT2D eigenvalue weighted by atomic mass is 19.1. The molecule has 1 unspecified atom stereocenters. The third-order valence-electron chi connectivity index (χ3n) is 5.31. The molecule has 1 fully saturated rings. The second-order valence-electron chi connectivity index (χ2n) is 7.19. The van der Waals surface area contributed by atoms with E-state index in [2.05, 4.69) is 10.3 Å². The molecule has 0 saturated heterocycles. The summed E-state index contributed by atoms with van der Waals surface area (Å²) < 4.78 is 21.0. The van der Waals surface area contributed by atoms with Gasteiger partial charge in [-0.05, 0) is 48.6 Å². The lowest BCUT2D eigenvalue weighted by Gasteiger charge is -2.38. The van der Waals surface area contributed by atoms with Gasteiger partial charge in [-0.15, -0.1) is 0 Å². The molecule has 6 nitrogen and oxygen atoms in total. The third-order valence-corrected chi connectivity index (χ3v) is 5.31. The van der Waals surface area contributed by atoms with Gasteiger partial charge in [0.05, 0.1) is 36.6 Å². The number of methoxy groups -OCH3 is 1. The molecule has 1 aliphatic carbocycles. The zero-order chi connectivity index (χ0) is 19.7. The van der Waals surface area contributed by atoms with Crippen LogP contribution in [0.5, 0.6) is 5.75 Å². The van der Waals surface area contributed by atoms with Crippen molar-refractivity contribution in [2.75, 3.05) is 7.11 Å². The number of ether oxygens (including phenoxy) is 1. The van der Waals surface area contributed by atoms with Crippen molar-refractivity contribution >= 4 is 16.9 Å². The lowest BCUT2D eigenvalue weighted by atomic mass is 9.75. The van der Waals surface area contributed by atoms with Crippen LogP contribution in [0, 0.1) is 11.7 Å². The molecule has 1 heterocycles. The molecule has 1 saturated carbocycles. The molecule has 28 heavy (non-hydrogen) atoms. The van der Waals surface area contributed by atoms with Crippen LogP contribution in [0.3, 0.4) is 0 Å². The molecule has 1 amide bonds. The molecule has 0 aliphatic heterocycles. The van der Waals surface area contributed by atoms with E-state index in [9.17, 15) is 14.3 Å². The minimum absolute atomic E-state index is 0.0614. The van der Waals surface area contributed by atoms with E-state index in [1.165, 1.54) is 13.2 Å². The van der Waals surface area contributed by atoms with Crippen molar-refractivity contribution in [1.82, 2.24) is 14.9 Å². The van der Waals surface area contributed by atoms with Gasteiger partial charge in [-0.3, -0.25) is 4.79 Å². The lowest BCUT2D eigenvalue weighted by Crippen LogP contribution is -2.42. The summed E-state index contributed by atoms with van der Waals surface area (Å²) in [4.78, 5) is 17.0. The number of aliphatic hydroxyl groups is 1. The highest BCUT2D eigenvalue weighted by molar-refractivity contribution is 5.80. The smallest absolute Gasteiger partial charge is 0.240 e. The van der Waals surface area contributed by atoms with Crippen molar-refractivity contribution in [3.05, 3.63) is 60.2 Å². The van der Waals surface area contributed by atoms with E-state index in [4.69, 9.17) is 4.74 Å². The number of carbonyl (C=O) groups is 1. The maximum atomic E-state index is 14.2. The quantitative estimate of drug-likeness (QED) is 0.686. The second kappa shape index (κ2) is 7.59. The first-order valence-corrected chi connectivity index (χ1v) is 9.26. The van der Waals surface area contributed by atoms with Gasteiger partial charge in [0.15, 0.2) is 11.6 Å². The normalized spacial score (nSPS) is 19.8. The molecule has 146 valence electrons. The number of nitrogens with one attached hydrogen (secondary N) is 1. The molecule has 0 bridgehead atoms. The molecule has 7 heteroatoms. The number of rotatable bonds is 6. The van der Waals surface area contributed by atoms with Crippen LogP contribution in [-0.2, 0) is 11.3 Å². The van der Waals surface area contributed by atoms with Crippen LogP contribution < -0.4 is 10.1 Å². The zero-order valence-electron chi connectivity index (χ0n) is 15.5. The van der Waals surface area contributed by atoms with Gasteiger partial charge in [-0.1, -0.05) is 18.2 Å². The number of para-hydroxylation sites is 2. The number of halogens is 1. The number of hydrogen-bond donors (Lipinski definition) is 2. The van der Waals surface area contributed by atoms with E-state index < -0.39 is 5.82 Å². The number of imidazole rings is 1. The predicted molar refractivity (Wildman–Crippen MR) is 102 cm³/mol. The molecule has 1 atom stereocenters. The van der Waals surface area contributed by atoms with Gasteiger partial charge in [0.2, 0.25) is 5.91 Å². The maximum Gasteiger partial charge on any atom is 0.240 e. The largest absolute Gasteiger partial charge is 0.494 e. The first kappa shape index (κ1) is 18.4. The summed E-state index contributed by atoms with van der Waals surface area (Å²) in [5, 5.41) is 12.7. The number of aliphatic hydroxyl groups excluding tert-OH is 1. The first-order chi connectivity index (χ1) is 13.5. The van der Waals surface area contributed by atoms with Gasteiger partial charge >= 0.3 is 0 Å². The van der Waals surface area contributed by atoms with E-state index >= 15 is 0 Å². The fraction of sp³-hybridized carbons (Fsp3) is 0.333. The number of aromatic nitrogens is 2. The van der Waals surface area contributed by atoms with Gasteiger partial charge in [-0.25, -0.2) is 9.37 Å². The minimum atomic E-state index is -0.472. The molecule has 1 aromatic heterocycles. The number of nitrogens with zero attached hydrogens (tertiary/aromatic N) is 2. The van der Waals surface area contributed by atoms with Crippen molar-refractivity contribution < 1.29 is 19.0 Å². The Hall–Kier alpha value is -2.93. The molecule has 0 spiro atoms. The van der Waals surface area contributed by atoms with Gasteiger partial charge in [-0.2, -0.15) is 0 Å². The molecule has 0 radical (unpaired) electrons. The Balaban J connectivity index is 1.54. The van der Waals surface area contributed by atoms with Gasteiger partial charge in [0.25, 0.3) is 0 Å². The Morgan fingerprint density at radius 2 is 2.14 bits per heavy atom. The number of hydrogen-bond acceptors (Lipinski definition) is 4. The van der Waals surface area contributed by atoms with Crippen LogP contribution in [0.2, 0.25) is 0 Å². The third kappa shape index (κ3) is 3.57. The molecular weight excluding hydrogens is 361 g/mol. The number of fused-ring (bicyclic) bond motifs is 1. The van der Waals surface area contributed by atoms with Crippen molar-refractivity contribution in [1.29, 1.82) is 0 Å². The van der Waals surface area contributed by atoms with Gasteiger partial charge in [0.1, 0.15) is 6.54 Å². The standard InChI is InChI=1S/C21H22FN3O3/c1-28-19-7-6-13(10-16(19)22)21(14-8-15(26)9-14)24-20(27)11-25-12-23-17-4-2-3-5-18(17)25/h2-7,10,12,14-15,21,26H,8-9,11H2,1H3,(H,24,27). The van der Waals surface area contributed by atoms with E-state index in [0.29, 0.717) is 18.4 Å². The SMILES string of the molecule is COc1ccc(C(NC(=O)Cn2cnc3ccccc32)C2CC(O)C2)cc1F. The Labute approximate surface area is 162 Å². The summed E-state index contributed by atoms with van der Waals surface area (Å²) in [6.07, 6.45) is 2.42. The Kier molecular flexibility index (Phi) is 5.00. The van der Waals surface area contributed by atoms with Crippen LogP contribution in [0.1, 0.15) is 24.4 Å². The number of benzene rings is 2. The highest BCUT2D eigenvalue weighted by Crippen LogP contribution is 2.39. The fourth-order valence-corrected chi connectivity index (χ4v) is 3.76. The van der Waals surface area contributed by atoms with E-state index in [-0.39, 0.29) is 36.3 Å². The van der Waals surface area contributed by atoms with Gasteiger partial charge < -0.3 is 19.7 Å². The highest BCUT2D eigenvalue weighted by Gasteiger charge is 2.36. The van der Waals surface area contributed by atoms with Crippen molar-refractivity contribution in [3.63, 3.8) is 0 Å². The van der Waals surface area contributed by atoms with E-state index in [0.717, 1.165) is 11.0 Å². The first-order valence-electron chi connectivity index (χ1n) is 9.26. The molecule has 2 N–H and O–H groups in total. The summed E-state index contributed by atoms with van der Waals surface area (Å²) in [5.41, 5.74) is 2.37. The Morgan fingerprint density at radius 1 is 1.36 bits per heavy atom. The van der Waals surface area contributed by atoms with Crippen LogP contribution >= 0.6 is 0 Å². The van der Waals surface area contributed by atoms with Crippen molar-refractivity contribution in [3.8, 4) is 5.75 Å². The number of carbonyl (C=O) groups excluding carboxylic acids is 1. The summed E-state index contributed by atoms with van der Waals surface area (Å²) in [7, 11) is 1.41. The average molecular weight is 383 g/mol. The summed E-state index contributed by atoms with van der Waals surface area (Å²) in [6, 6.07) is 11.9. The zero-order valence-corrected chi connectivity index (χ0v) is 15.5. The Bertz CT molecular complexity index is 997. The number of amides is 1. The Morgan fingerprint density at radius 3 is 2.86 bits per heavy atom. The van der Waals surface area contributed by atoms with Crippen LogP contribution in [-0.4, -0.2) is 33.8 Å². The molecule has 4 rings (SSSR count). The molecular formula is C21H22FN3O3. The summed E-state index contributed by atoms with van der Waals surface area (Å²) in [6.45, 7) is 0.116. The summed E-state index contributed by atoms with van der Waals surface area (Å²) >= 11 is 0. The summed E-state index contributed by atoms with van der Waals surface area (Å²) in [5.74, 6) is -0.441. The molecule has 3 aromatic rings. The topological polar surface area (TPSA) is 76.4 Å².